The van der Waals surface area contributed by atoms with E-state index in [0.29, 0.717) is 6.04 Å². The molecule has 1 heterocycles. The minimum absolute atomic E-state index is 0.352. The third-order valence-corrected chi connectivity index (χ3v) is 4.23. The fourth-order valence-electron chi connectivity index (χ4n) is 3.01. The molecule has 108 valence electrons. The van der Waals surface area contributed by atoms with Crippen LogP contribution in [0.25, 0.3) is 10.9 Å². The van der Waals surface area contributed by atoms with Gasteiger partial charge in [0, 0.05) is 36.7 Å². The first-order valence-corrected chi connectivity index (χ1v) is 7.48. The second-order valence-corrected chi connectivity index (χ2v) is 5.74. The number of hydrogen-bond donors (Lipinski definition) is 1. The van der Waals surface area contributed by atoms with Crippen LogP contribution in [0.1, 0.15) is 29.7 Å². The molecule has 0 amide bonds. The lowest BCUT2D eigenvalue weighted by Crippen LogP contribution is -2.18. The van der Waals surface area contributed by atoms with Gasteiger partial charge in [0.1, 0.15) is 0 Å². The van der Waals surface area contributed by atoms with Gasteiger partial charge in [0.25, 0.3) is 0 Å². The molecule has 0 aliphatic carbocycles. The monoisotopic (exact) mass is 278 g/mol. The summed E-state index contributed by atoms with van der Waals surface area (Å²) < 4.78 is 2.20. The molecule has 2 aromatic carbocycles. The molecule has 2 heteroatoms. The van der Waals surface area contributed by atoms with Gasteiger partial charge in [-0.25, -0.2) is 0 Å². The fraction of sp³-hybridized carbons (Fsp3) is 0.263. The highest BCUT2D eigenvalue weighted by Gasteiger charge is 2.10. The fourth-order valence-corrected chi connectivity index (χ4v) is 3.01. The molecular weight excluding hydrogens is 256 g/mol. The smallest absolute Gasteiger partial charge is 0.0481 e. The molecule has 0 saturated carbocycles. The third-order valence-electron chi connectivity index (χ3n) is 4.23. The maximum absolute atomic E-state index is 3.65. The summed E-state index contributed by atoms with van der Waals surface area (Å²) in [5, 5.41) is 4.99. The van der Waals surface area contributed by atoms with Gasteiger partial charge in [-0.3, -0.25) is 0 Å². The zero-order chi connectivity index (χ0) is 14.8. The Kier molecular flexibility index (Phi) is 3.80. The Balaban J connectivity index is 1.79. The van der Waals surface area contributed by atoms with Crippen LogP contribution in [0.2, 0.25) is 0 Å². The van der Waals surface area contributed by atoms with Gasteiger partial charge in [-0.05, 0) is 36.6 Å². The molecule has 3 rings (SSSR count). The summed E-state index contributed by atoms with van der Waals surface area (Å²) in [6.45, 7) is 5.29. The quantitative estimate of drug-likeness (QED) is 0.751. The minimum atomic E-state index is 0.352. The summed E-state index contributed by atoms with van der Waals surface area (Å²) in [4.78, 5) is 0. The van der Waals surface area contributed by atoms with Crippen LogP contribution >= 0.6 is 0 Å². The molecular formula is C19H22N2. The number of aryl methyl sites for hydroxylation is 2. The van der Waals surface area contributed by atoms with Crippen LogP contribution in [0.3, 0.4) is 0 Å². The number of fused-ring (bicyclic) bond motifs is 1. The van der Waals surface area contributed by atoms with E-state index in [2.05, 4.69) is 85.5 Å². The highest BCUT2D eigenvalue weighted by molar-refractivity contribution is 5.83. The molecule has 0 spiro atoms. The van der Waals surface area contributed by atoms with Crippen molar-refractivity contribution in [3.05, 3.63) is 71.4 Å². The van der Waals surface area contributed by atoms with Crippen molar-refractivity contribution >= 4 is 10.9 Å². The van der Waals surface area contributed by atoms with E-state index in [1.807, 2.05) is 0 Å². The number of aromatic nitrogens is 1. The number of rotatable bonds is 4. The van der Waals surface area contributed by atoms with Crippen molar-refractivity contribution in [3.63, 3.8) is 0 Å². The van der Waals surface area contributed by atoms with E-state index in [9.17, 15) is 0 Å². The molecule has 0 aliphatic rings. The van der Waals surface area contributed by atoms with Crippen molar-refractivity contribution < 1.29 is 0 Å². The lowest BCUT2D eigenvalue weighted by Gasteiger charge is -2.16. The maximum Gasteiger partial charge on any atom is 0.0481 e. The third kappa shape index (κ3) is 2.72. The molecule has 3 aromatic rings. The SMILES string of the molecule is Cc1ccccc1[C@H](C)NCc1cn(C)c2ccccc12. The molecule has 0 radical (unpaired) electrons. The predicted octanol–water partition coefficient (Wildman–Crippen LogP) is 4.34. The van der Waals surface area contributed by atoms with Gasteiger partial charge in [-0.1, -0.05) is 42.5 Å². The van der Waals surface area contributed by atoms with Crippen LogP contribution in [0, 0.1) is 6.92 Å². The van der Waals surface area contributed by atoms with Crippen LogP contribution in [-0.4, -0.2) is 4.57 Å². The lowest BCUT2D eigenvalue weighted by atomic mass is 10.0. The van der Waals surface area contributed by atoms with Gasteiger partial charge in [-0.2, -0.15) is 0 Å². The van der Waals surface area contributed by atoms with Crippen LogP contribution < -0.4 is 5.32 Å². The number of hydrogen-bond acceptors (Lipinski definition) is 1. The second kappa shape index (κ2) is 5.74. The lowest BCUT2D eigenvalue weighted by molar-refractivity contribution is 0.573. The molecule has 21 heavy (non-hydrogen) atoms. The molecule has 1 N–H and O–H groups in total. The first-order chi connectivity index (χ1) is 10.2. The van der Waals surface area contributed by atoms with Crippen LogP contribution in [0.15, 0.2) is 54.7 Å². The normalized spacial score (nSPS) is 12.7. The number of nitrogens with zero attached hydrogens (tertiary/aromatic N) is 1. The van der Waals surface area contributed by atoms with Crippen molar-refractivity contribution in [2.75, 3.05) is 0 Å². The zero-order valence-corrected chi connectivity index (χ0v) is 12.9. The van der Waals surface area contributed by atoms with Gasteiger partial charge in [0.05, 0.1) is 0 Å². The zero-order valence-electron chi connectivity index (χ0n) is 12.9. The standard InChI is InChI=1S/C19H22N2/c1-14-8-4-5-9-17(14)15(2)20-12-16-13-21(3)19-11-7-6-10-18(16)19/h4-11,13,15,20H,12H2,1-3H3/t15-/m0/s1. The summed E-state index contributed by atoms with van der Waals surface area (Å²) in [6, 6.07) is 17.5. The molecule has 1 atom stereocenters. The highest BCUT2D eigenvalue weighted by atomic mass is 14.9. The summed E-state index contributed by atoms with van der Waals surface area (Å²) in [5.74, 6) is 0. The van der Waals surface area contributed by atoms with E-state index in [1.165, 1.54) is 27.6 Å². The van der Waals surface area contributed by atoms with E-state index in [4.69, 9.17) is 0 Å². The molecule has 0 bridgehead atoms. The van der Waals surface area contributed by atoms with Gasteiger partial charge in [0.15, 0.2) is 0 Å². The van der Waals surface area contributed by atoms with Gasteiger partial charge >= 0.3 is 0 Å². The van der Waals surface area contributed by atoms with Gasteiger partial charge in [-0.15, -0.1) is 0 Å². The second-order valence-electron chi connectivity index (χ2n) is 5.74. The first kappa shape index (κ1) is 13.9. The van der Waals surface area contributed by atoms with E-state index >= 15 is 0 Å². The summed E-state index contributed by atoms with van der Waals surface area (Å²) >= 11 is 0. The van der Waals surface area contributed by atoms with Gasteiger partial charge < -0.3 is 9.88 Å². The Labute approximate surface area is 126 Å². The predicted molar refractivity (Wildman–Crippen MR) is 89.4 cm³/mol. The summed E-state index contributed by atoms with van der Waals surface area (Å²) in [6.07, 6.45) is 2.22. The Morgan fingerprint density at radius 3 is 2.57 bits per heavy atom. The van der Waals surface area contributed by atoms with Crippen LogP contribution in [0.5, 0.6) is 0 Å². The Morgan fingerprint density at radius 1 is 1.05 bits per heavy atom. The average molecular weight is 278 g/mol. The Bertz CT molecular complexity index is 755. The van der Waals surface area contributed by atoms with Crippen LogP contribution in [-0.2, 0) is 13.6 Å². The van der Waals surface area contributed by atoms with E-state index in [0.717, 1.165) is 6.54 Å². The number of nitrogens with one attached hydrogen (secondary N) is 1. The minimum Gasteiger partial charge on any atom is -0.350 e. The average Bonchev–Trinajstić information content (AvgIpc) is 2.82. The molecule has 1 aromatic heterocycles. The molecule has 0 fully saturated rings. The van der Waals surface area contributed by atoms with E-state index in [-0.39, 0.29) is 0 Å². The summed E-state index contributed by atoms with van der Waals surface area (Å²) in [7, 11) is 2.11. The highest BCUT2D eigenvalue weighted by Crippen LogP contribution is 2.22. The first-order valence-electron chi connectivity index (χ1n) is 7.48. The van der Waals surface area contributed by atoms with Gasteiger partial charge in [0.2, 0.25) is 0 Å². The number of para-hydroxylation sites is 1. The van der Waals surface area contributed by atoms with Crippen molar-refractivity contribution in [2.45, 2.75) is 26.4 Å². The van der Waals surface area contributed by atoms with Crippen molar-refractivity contribution in [1.82, 2.24) is 9.88 Å². The molecule has 0 aliphatic heterocycles. The Hall–Kier alpha value is -2.06. The maximum atomic E-state index is 3.65. The molecule has 0 saturated heterocycles. The van der Waals surface area contributed by atoms with Crippen molar-refractivity contribution in [3.8, 4) is 0 Å². The van der Waals surface area contributed by atoms with E-state index < -0.39 is 0 Å². The topological polar surface area (TPSA) is 17.0 Å². The van der Waals surface area contributed by atoms with Crippen LogP contribution in [0.4, 0.5) is 0 Å². The number of benzene rings is 2. The van der Waals surface area contributed by atoms with Crippen molar-refractivity contribution in [2.24, 2.45) is 7.05 Å². The van der Waals surface area contributed by atoms with E-state index in [1.54, 1.807) is 0 Å². The summed E-state index contributed by atoms with van der Waals surface area (Å²) in [5.41, 5.74) is 5.36. The molecule has 2 nitrogen and oxygen atoms in total. The van der Waals surface area contributed by atoms with Crippen molar-refractivity contribution in [1.29, 1.82) is 0 Å². The molecule has 0 unspecified atom stereocenters. The largest absolute Gasteiger partial charge is 0.350 e. The Morgan fingerprint density at radius 2 is 1.76 bits per heavy atom.